The molecule has 0 aliphatic rings. The van der Waals surface area contributed by atoms with E-state index in [1.807, 2.05) is 0 Å². The molecule has 0 amide bonds. The minimum atomic E-state index is -0.265. The summed E-state index contributed by atoms with van der Waals surface area (Å²) in [4.78, 5) is 10.2. The molecule has 0 saturated carbocycles. The summed E-state index contributed by atoms with van der Waals surface area (Å²) in [5.74, 6) is -0.265. The highest BCUT2D eigenvalue weighted by atomic mass is 16.5. The molecule has 0 unspecified atom stereocenters. The summed E-state index contributed by atoms with van der Waals surface area (Å²) in [7, 11) is 1.33. The lowest BCUT2D eigenvalue weighted by Crippen LogP contribution is -2.11. The molecule has 0 aromatic carbocycles. The predicted molar refractivity (Wildman–Crippen MR) is 75.0 cm³/mol. The van der Waals surface area contributed by atoms with E-state index in [4.69, 9.17) is 29.5 Å². The fraction of sp³-hybridized carbons (Fsp3) is 0.923. The van der Waals surface area contributed by atoms with Gasteiger partial charge in [-0.15, -0.1) is 0 Å². The third-order valence-corrected chi connectivity index (χ3v) is 1.98. The van der Waals surface area contributed by atoms with E-state index in [2.05, 4.69) is 4.74 Å². The second-order valence-corrected chi connectivity index (χ2v) is 3.69. The average molecular weight is 312 g/mol. The van der Waals surface area contributed by atoms with Crippen molar-refractivity contribution in [3.63, 3.8) is 0 Å². The van der Waals surface area contributed by atoms with Crippen LogP contribution in [0.5, 0.6) is 0 Å². The van der Waals surface area contributed by atoms with Crippen LogP contribution in [0.4, 0.5) is 0 Å². The van der Waals surface area contributed by atoms with Crippen molar-refractivity contribution in [3.8, 4) is 0 Å². The summed E-state index contributed by atoms with van der Waals surface area (Å²) >= 11 is 0. The maximum Gasteiger partial charge on any atom is 0.305 e. The highest BCUT2D eigenvalue weighted by Crippen LogP contribution is 1.88. The molecule has 0 saturated heterocycles. The summed E-state index contributed by atoms with van der Waals surface area (Å²) in [6.45, 7) is 2.81. The van der Waals surface area contributed by atoms with Crippen molar-refractivity contribution in [1.82, 2.24) is 0 Å². The van der Waals surface area contributed by atoms with Crippen molar-refractivity contribution in [2.24, 2.45) is 0 Å². The molecule has 128 valence electrons. The molecule has 8 heteroatoms. The zero-order valence-electron chi connectivity index (χ0n) is 12.7. The Morgan fingerprint density at radius 3 is 1.52 bits per heavy atom. The largest absolute Gasteiger partial charge is 0.469 e. The van der Waals surface area contributed by atoms with Gasteiger partial charge in [0.1, 0.15) is 0 Å². The predicted octanol–water partition coefficient (Wildman–Crippen LogP) is -1.05. The van der Waals surface area contributed by atoms with Crippen LogP contribution in [0.25, 0.3) is 0 Å². The van der Waals surface area contributed by atoms with Gasteiger partial charge in [0.25, 0.3) is 0 Å². The van der Waals surface area contributed by atoms with E-state index in [1.165, 1.54) is 7.11 Å². The minimum Gasteiger partial charge on any atom is -0.469 e. The van der Waals surface area contributed by atoms with Crippen molar-refractivity contribution in [2.45, 2.75) is 12.8 Å². The number of carbonyl (C=O) groups is 1. The fourth-order valence-corrected chi connectivity index (χ4v) is 0.996. The maximum atomic E-state index is 10.2. The molecule has 0 atom stereocenters. The SMILES string of the molecule is COC(=O)CCCO.OCCOCCOCCOCCO. The van der Waals surface area contributed by atoms with Crippen molar-refractivity contribution in [1.29, 1.82) is 0 Å². The number of ether oxygens (including phenoxy) is 4. The second-order valence-electron chi connectivity index (χ2n) is 3.69. The van der Waals surface area contributed by atoms with E-state index in [-0.39, 0.29) is 25.8 Å². The highest BCUT2D eigenvalue weighted by molar-refractivity contribution is 5.68. The Morgan fingerprint density at radius 2 is 1.19 bits per heavy atom. The first-order valence-electron chi connectivity index (χ1n) is 6.85. The molecular formula is C13H28O8. The first kappa shape index (κ1) is 22.5. The summed E-state index contributed by atoms with van der Waals surface area (Å²) in [5, 5.41) is 24.9. The molecule has 21 heavy (non-hydrogen) atoms. The number of methoxy groups -OCH3 is 1. The van der Waals surface area contributed by atoms with E-state index >= 15 is 0 Å². The van der Waals surface area contributed by atoms with Gasteiger partial charge in [0.05, 0.1) is 60.0 Å². The third kappa shape index (κ3) is 24.6. The number of aliphatic hydroxyl groups is 3. The zero-order valence-corrected chi connectivity index (χ0v) is 12.7. The van der Waals surface area contributed by atoms with Crippen LogP contribution in [0.15, 0.2) is 0 Å². The third-order valence-electron chi connectivity index (χ3n) is 1.98. The van der Waals surface area contributed by atoms with Crippen LogP contribution in [-0.4, -0.2) is 87.9 Å². The molecule has 0 aliphatic carbocycles. The Bertz CT molecular complexity index is 191. The monoisotopic (exact) mass is 312 g/mol. The molecule has 0 aromatic heterocycles. The Labute approximate surface area is 125 Å². The van der Waals surface area contributed by atoms with Crippen LogP contribution in [0.3, 0.4) is 0 Å². The Balaban J connectivity index is 0. The number of esters is 1. The smallest absolute Gasteiger partial charge is 0.305 e. The van der Waals surface area contributed by atoms with E-state index < -0.39 is 0 Å². The Morgan fingerprint density at radius 1 is 0.762 bits per heavy atom. The number of rotatable bonds is 13. The molecule has 0 fully saturated rings. The number of carbonyl (C=O) groups excluding carboxylic acids is 1. The molecule has 0 aliphatic heterocycles. The highest BCUT2D eigenvalue weighted by Gasteiger charge is 1.95. The van der Waals surface area contributed by atoms with Crippen LogP contribution < -0.4 is 0 Å². The van der Waals surface area contributed by atoms with Crippen LogP contribution in [0, 0.1) is 0 Å². The van der Waals surface area contributed by atoms with Crippen molar-refractivity contribution < 1.29 is 39.1 Å². The summed E-state index contributed by atoms with van der Waals surface area (Å²) in [6, 6.07) is 0. The van der Waals surface area contributed by atoms with E-state index in [0.29, 0.717) is 52.5 Å². The summed E-state index contributed by atoms with van der Waals surface area (Å²) in [5.41, 5.74) is 0. The van der Waals surface area contributed by atoms with Gasteiger partial charge in [0.15, 0.2) is 0 Å². The van der Waals surface area contributed by atoms with Crippen LogP contribution in [-0.2, 0) is 23.7 Å². The van der Waals surface area contributed by atoms with Gasteiger partial charge in [-0.25, -0.2) is 0 Å². The van der Waals surface area contributed by atoms with Gasteiger partial charge in [-0.2, -0.15) is 0 Å². The van der Waals surface area contributed by atoms with Crippen molar-refractivity contribution in [3.05, 3.63) is 0 Å². The van der Waals surface area contributed by atoms with Crippen LogP contribution in [0.2, 0.25) is 0 Å². The molecule has 0 radical (unpaired) electrons. The fourth-order valence-electron chi connectivity index (χ4n) is 0.996. The molecule has 0 spiro atoms. The summed E-state index contributed by atoms with van der Waals surface area (Å²) < 4.78 is 19.3. The van der Waals surface area contributed by atoms with Gasteiger partial charge >= 0.3 is 5.97 Å². The van der Waals surface area contributed by atoms with Gasteiger partial charge in [-0.1, -0.05) is 0 Å². The van der Waals surface area contributed by atoms with Crippen LogP contribution >= 0.6 is 0 Å². The van der Waals surface area contributed by atoms with Gasteiger partial charge < -0.3 is 34.3 Å². The Hall–Kier alpha value is -0.770. The molecule has 0 bridgehead atoms. The van der Waals surface area contributed by atoms with Crippen molar-refractivity contribution >= 4 is 5.97 Å². The minimum absolute atomic E-state index is 0.0413. The average Bonchev–Trinajstić information content (AvgIpc) is 2.51. The number of aliphatic hydroxyl groups excluding tert-OH is 3. The molecule has 0 heterocycles. The van der Waals surface area contributed by atoms with Crippen molar-refractivity contribution in [2.75, 3.05) is 66.6 Å². The van der Waals surface area contributed by atoms with Gasteiger partial charge in [-0.05, 0) is 6.42 Å². The molecule has 3 N–H and O–H groups in total. The molecule has 8 nitrogen and oxygen atoms in total. The zero-order chi connectivity index (χ0) is 16.2. The van der Waals surface area contributed by atoms with Gasteiger partial charge in [0, 0.05) is 13.0 Å². The normalized spacial score (nSPS) is 9.90. The molecule has 0 aromatic rings. The molecule has 0 rings (SSSR count). The van der Waals surface area contributed by atoms with Crippen LogP contribution in [0.1, 0.15) is 12.8 Å². The van der Waals surface area contributed by atoms with E-state index in [1.54, 1.807) is 0 Å². The second kappa shape index (κ2) is 21.5. The maximum absolute atomic E-state index is 10.2. The lowest BCUT2D eigenvalue weighted by molar-refractivity contribution is -0.140. The quantitative estimate of drug-likeness (QED) is 0.292. The first-order chi connectivity index (χ1) is 10.2. The van der Waals surface area contributed by atoms with Gasteiger partial charge in [0.2, 0.25) is 0 Å². The lowest BCUT2D eigenvalue weighted by atomic mass is 10.3. The molecular weight excluding hydrogens is 284 g/mol. The summed E-state index contributed by atoms with van der Waals surface area (Å²) in [6.07, 6.45) is 0.805. The standard InChI is InChI=1S/C8H18O5.C5H10O3/c9-1-3-11-5-7-13-8-6-12-4-2-10;1-8-5(7)3-2-4-6/h9-10H,1-8H2;6H,2-4H2,1H3. The first-order valence-corrected chi connectivity index (χ1v) is 6.85. The number of hydrogen-bond acceptors (Lipinski definition) is 8. The Kier molecular flexibility index (Phi) is 23.1. The lowest BCUT2D eigenvalue weighted by Gasteiger charge is -2.04. The van der Waals surface area contributed by atoms with E-state index in [0.717, 1.165) is 0 Å². The number of hydrogen-bond donors (Lipinski definition) is 3. The van der Waals surface area contributed by atoms with E-state index in [9.17, 15) is 4.79 Å². The topological polar surface area (TPSA) is 115 Å². The van der Waals surface area contributed by atoms with Gasteiger partial charge in [-0.3, -0.25) is 4.79 Å².